The van der Waals surface area contributed by atoms with E-state index in [2.05, 4.69) is 132 Å². The maximum atomic E-state index is 9.73. The van der Waals surface area contributed by atoms with Gasteiger partial charge in [-0.05, 0) is 71.8 Å². The number of thiophene rings is 1. The van der Waals surface area contributed by atoms with Gasteiger partial charge in [0.2, 0.25) is 0 Å². The van der Waals surface area contributed by atoms with Gasteiger partial charge in [-0.15, -0.1) is 11.3 Å². The van der Waals surface area contributed by atoms with E-state index in [0.717, 1.165) is 82.7 Å². The molecule has 11 aromatic rings. The fourth-order valence-electron chi connectivity index (χ4n) is 7.86. The molecule has 0 saturated carbocycles. The van der Waals surface area contributed by atoms with E-state index in [1.54, 1.807) is 11.3 Å². The highest BCUT2D eigenvalue weighted by molar-refractivity contribution is 7.26. The van der Waals surface area contributed by atoms with Gasteiger partial charge in [0.05, 0.1) is 44.0 Å². The first kappa shape index (κ1) is 28.1. The maximum Gasteiger partial charge on any atom is 0.147 e. The van der Waals surface area contributed by atoms with E-state index in [0.29, 0.717) is 5.56 Å². The Kier molecular flexibility index (Phi) is 5.86. The van der Waals surface area contributed by atoms with E-state index in [9.17, 15) is 5.26 Å². The lowest BCUT2D eigenvalue weighted by molar-refractivity contribution is 0.672. The Labute approximate surface area is 295 Å². The number of nitrogens with zero attached hydrogens (tertiary/aromatic N) is 3. The van der Waals surface area contributed by atoms with Gasteiger partial charge in [-0.3, -0.25) is 0 Å². The summed E-state index contributed by atoms with van der Waals surface area (Å²) < 4.78 is 11.3. The molecule has 4 heterocycles. The minimum atomic E-state index is 0.651. The SMILES string of the molecule is N#Cc1ccc2c(c1)c1cc(-c3ccc(-c4nc5c(ccc6c7ccccc7sc65)c5oc6ccccc6c45)cc3)ccc1n2-c1ccccc1. The summed E-state index contributed by atoms with van der Waals surface area (Å²) in [5.41, 5.74) is 10.8. The van der Waals surface area contributed by atoms with E-state index in [-0.39, 0.29) is 0 Å². The van der Waals surface area contributed by atoms with E-state index in [4.69, 9.17) is 9.40 Å². The molecule has 0 aliphatic rings. The van der Waals surface area contributed by atoms with Crippen molar-refractivity contribution in [1.82, 2.24) is 9.55 Å². The molecule has 0 aliphatic heterocycles. The van der Waals surface area contributed by atoms with Crippen molar-refractivity contribution < 1.29 is 4.42 Å². The molecule has 4 aromatic heterocycles. The minimum absolute atomic E-state index is 0.651. The largest absolute Gasteiger partial charge is 0.455 e. The number of hydrogen-bond acceptors (Lipinski definition) is 4. The van der Waals surface area contributed by atoms with Gasteiger partial charge in [-0.25, -0.2) is 4.98 Å². The van der Waals surface area contributed by atoms with E-state index in [1.165, 1.54) is 20.2 Å². The molecule has 0 radical (unpaired) electrons. The van der Waals surface area contributed by atoms with E-state index in [1.807, 2.05) is 30.3 Å². The van der Waals surface area contributed by atoms with Crippen LogP contribution in [0, 0.1) is 11.3 Å². The third-order valence-corrected chi connectivity index (χ3v) is 11.4. The second-order valence-corrected chi connectivity index (χ2v) is 14.1. The molecular formula is C46H25N3OS. The molecule has 7 aromatic carbocycles. The Balaban J connectivity index is 1.11. The van der Waals surface area contributed by atoms with E-state index >= 15 is 0 Å². The number of furan rings is 1. The molecule has 0 saturated heterocycles. The quantitative estimate of drug-likeness (QED) is 0.188. The van der Waals surface area contributed by atoms with Crippen molar-refractivity contribution in [2.75, 3.05) is 0 Å². The van der Waals surface area contributed by atoms with Crippen molar-refractivity contribution in [3.63, 3.8) is 0 Å². The zero-order chi connectivity index (χ0) is 33.6. The van der Waals surface area contributed by atoms with Crippen LogP contribution in [0.25, 0.3) is 103 Å². The van der Waals surface area contributed by atoms with Crippen molar-refractivity contribution >= 4 is 86.2 Å². The van der Waals surface area contributed by atoms with Gasteiger partial charge in [-0.2, -0.15) is 5.26 Å². The first-order valence-corrected chi connectivity index (χ1v) is 17.7. The predicted octanol–water partition coefficient (Wildman–Crippen LogP) is 12.8. The van der Waals surface area contributed by atoms with Crippen molar-refractivity contribution in [1.29, 1.82) is 5.26 Å². The second-order valence-electron chi connectivity index (χ2n) is 13.0. The summed E-state index contributed by atoms with van der Waals surface area (Å²) in [6, 6.07) is 55.3. The van der Waals surface area contributed by atoms with Crippen LogP contribution in [-0.4, -0.2) is 9.55 Å². The molecule has 0 spiro atoms. The molecule has 0 amide bonds. The number of nitriles is 1. The standard InChI is InChI=1S/C46H25N3OS/c47-26-27-14-22-38-36(24-27)37-25-30(19-23-39(37)49(38)31-8-2-1-3-9-31)28-15-17-29(18-16-28)43-42-34-11-4-6-12-40(34)50-45(42)35-21-20-33-32-10-5-7-13-41(32)51-46(33)44(35)48-43/h1-25H. The molecule has 0 N–H and O–H groups in total. The molecule has 0 aliphatic carbocycles. The number of para-hydroxylation sites is 2. The van der Waals surface area contributed by atoms with Gasteiger partial charge in [0, 0.05) is 48.3 Å². The van der Waals surface area contributed by atoms with Crippen LogP contribution in [0.2, 0.25) is 0 Å². The molecule has 0 atom stereocenters. The third kappa shape index (κ3) is 4.09. The number of aromatic nitrogens is 2. The van der Waals surface area contributed by atoms with Gasteiger partial charge in [-0.1, -0.05) is 91.0 Å². The highest BCUT2D eigenvalue weighted by atomic mass is 32.1. The average Bonchev–Trinajstić information content (AvgIpc) is 3.87. The van der Waals surface area contributed by atoms with Gasteiger partial charge in [0.1, 0.15) is 11.2 Å². The monoisotopic (exact) mass is 667 g/mol. The summed E-state index contributed by atoms with van der Waals surface area (Å²) in [6.45, 7) is 0. The van der Waals surface area contributed by atoms with Gasteiger partial charge in [0.15, 0.2) is 0 Å². The lowest BCUT2D eigenvalue weighted by atomic mass is 9.98. The van der Waals surface area contributed by atoms with Crippen molar-refractivity contribution in [2.45, 2.75) is 0 Å². The Bertz CT molecular complexity index is 3250. The highest BCUT2D eigenvalue weighted by Crippen LogP contribution is 2.44. The van der Waals surface area contributed by atoms with Crippen molar-refractivity contribution in [2.24, 2.45) is 0 Å². The Morgan fingerprint density at radius 1 is 0.569 bits per heavy atom. The zero-order valence-electron chi connectivity index (χ0n) is 27.1. The summed E-state index contributed by atoms with van der Waals surface area (Å²) in [7, 11) is 0. The normalized spacial score (nSPS) is 11.9. The smallest absolute Gasteiger partial charge is 0.147 e. The number of benzene rings is 7. The third-order valence-electron chi connectivity index (χ3n) is 10.2. The minimum Gasteiger partial charge on any atom is -0.455 e. The molecule has 5 heteroatoms. The van der Waals surface area contributed by atoms with Gasteiger partial charge < -0.3 is 8.98 Å². The maximum absolute atomic E-state index is 9.73. The Morgan fingerprint density at radius 2 is 1.25 bits per heavy atom. The lowest BCUT2D eigenvalue weighted by Crippen LogP contribution is -1.93. The fraction of sp³-hybridized carbons (Fsp3) is 0. The first-order chi connectivity index (χ1) is 25.2. The first-order valence-electron chi connectivity index (χ1n) is 16.9. The average molecular weight is 668 g/mol. The highest BCUT2D eigenvalue weighted by Gasteiger charge is 2.21. The molecule has 0 unspecified atom stereocenters. The topological polar surface area (TPSA) is 54.8 Å². The van der Waals surface area contributed by atoms with Crippen LogP contribution in [0.5, 0.6) is 0 Å². The summed E-state index contributed by atoms with van der Waals surface area (Å²) in [5.74, 6) is 0. The molecule has 236 valence electrons. The number of fused-ring (bicyclic) bond motifs is 12. The van der Waals surface area contributed by atoms with Gasteiger partial charge >= 0.3 is 0 Å². The van der Waals surface area contributed by atoms with Crippen LogP contribution in [0.3, 0.4) is 0 Å². The summed E-state index contributed by atoms with van der Waals surface area (Å²) in [5, 5.41) is 17.5. The number of rotatable bonds is 3. The zero-order valence-corrected chi connectivity index (χ0v) is 27.9. The molecule has 4 nitrogen and oxygen atoms in total. The second kappa shape index (κ2) is 10.6. The number of pyridine rings is 1. The molecule has 51 heavy (non-hydrogen) atoms. The molecule has 0 bridgehead atoms. The van der Waals surface area contributed by atoms with Crippen LogP contribution in [-0.2, 0) is 0 Å². The molecule has 0 fully saturated rings. The molecule has 11 rings (SSSR count). The summed E-state index contributed by atoms with van der Waals surface area (Å²) in [4.78, 5) is 5.47. The predicted molar refractivity (Wildman–Crippen MR) is 212 cm³/mol. The van der Waals surface area contributed by atoms with Crippen LogP contribution < -0.4 is 0 Å². The van der Waals surface area contributed by atoms with Crippen LogP contribution >= 0.6 is 11.3 Å². The Morgan fingerprint density at radius 3 is 2.10 bits per heavy atom. The summed E-state index contributed by atoms with van der Waals surface area (Å²) in [6.07, 6.45) is 0. The molecular weight excluding hydrogens is 643 g/mol. The summed E-state index contributed by atoms with van der Waals surface area (Å²) >= 11 is 1.79. The van der Waals surface area contributed by atoms with Crippen LogP contribution in [0.15, 0.2) is 156 Å². The van der Waals surface area contributed by atoms with Crippen LogP contribution in [0.1, 0.15) is 5.56 Å². The Hall–Kier alpha value is -6.74. The lowest BCUT2D eigenvalue weighted by Gasteiger charge is -2.10. The van der Waals surface area contributed by atoms with Crippen molar-refractivity contribution in [3.8, 4) is 34.1 Å². The number of hydrogen-bond donors (Lipinski definition) is 0. The van der Waals surface area contributed by atoms with Gasteiger partial charge in [0.25, 0.3) is 0 Å². The van der Waals surface area contributed by atoms with E-state index < -0.39 is 0 Å². The fourth-order valence-corrected chi connectivity index (χ4v) is 9.06. The van der Waals surface area contributed by atoms with Crippen LogP contribution in [0.4, 0.5) is 0 Å². The van der Waals surface area contributed by atoms with Crippen molar-refractivity contribution in [3.05, 3.63) is 157 Å².